The topological polar surface area (TPSA) is 94.5 Å². The van der Waals surface area contributed by atoms with Gasteiger partial charge in [-0.2, -0.15) is 0 Å². The molecule has 3 aromatic carbocycles. The van der Waals surface area contributed by atoms with Crippen molar-refractivity contribution in [2.45, 2.75) is 43.9 Å². The van der Waals surface area contributed by atoms with Crippen molar-refractivity contribution in [3.63, 3.8) is 0 Å². The minimum Gasteiger partial charge on any atom is -0.450 e. The third-order valence-electron chi connectivity index (χ3n) is 5.61. The lowest BCUT2D eigenvalue weighted by Crippen LogP contribution is -2.61. The van der Waals surface area contributed by atoms with E-state index in [1.807, 2.05) is 60.7 Å². The number of carbonyl (C=O) groups excluding carboxylic acids is 1. The van der Waals surface area contributed by atoms with Crippen LogP contribution in [0.2, 0.25) is 0 Å². The normalized spacial score (nSPS) is 24.5. The SMILES string of the molecule is O=C(O[C@@H]1[C@@H](OCc2ccccc2)[C@H](OCc2ccccc2)[C@@H](CO)O[C@@H]1O)c1ccccc1. The van der Waals surface area contributed by atoms with Gasteiger partial charge in [0, 0.05) is 0 Å². The summed E-state index contributed by atoms with van der Waals surface area (Å²) >= 11 is 0. The van der Waals surface area contributed by atoms with E-state index in [1.165, 1.54) is 0 Å². The van der Waals surface area contributed by atoms with Crippen molar-refractivity contribution in [2.24, 2.45) is 0 Å². The van der Waals surface area contributed by atoms with Gasteiger partial charge in [0.25, 0.3) is 0 Å². The standard InChI is InChI=1S/C27H28O7/c28-16-22-23(31-17-19-10-4-1-5-11-19)24(32-18-20-12-6-2-7-13-20)25(27(30)33-22)34-26(29)21-14-8-3-9-15-21/h1-15,22-25,27-28,30H,16-18H2/t22-,23-,24+,25-,27+/m1/s1. The molecule has 1 fully saturated rings. The molecule has 1 heterocycles. The number of aliphatic hydroxyl groups excluding tert-OH is 2. The molecular formula is C27H28O7. The highest BCUT2D eigenvalue weighted by atomic mass is 16.7. The van der Waals surface area contributed by atoms with Crippen LogP contribution in [-0.2, 0) is 32.2 Å². The lowest BCUT2D eigenvalue weighted by Gasteiger charge is -2.43. The highest BCUT2D eigenvalue weighted by Crippen LogP contribution is 2.29. The van der Waals surface area contributed by atoms with Crippen LogP contribution in [-0.4, -0.2) is 53.5 Å². The molecule has 0 radical (unpaired) electrons. The first-order valence-corrected chi connectivity index (χ1v) is 11.2. The van der Waals surface area contributed by atoms with Crippen LogP contribution < -0.4 is 0 Å². The molecule has 0 amide bonds. The summed E-state index contributed by atoms with van der Waals surface area (Å²) < 4.78 is 23.6. The first-order chi connectivity index (χ1) is 16.7. The summed E-state index contributed by atoms with van der Waals surface area (Å²) in [5.41, 5.74) is 2.16. The summed E-state index contributed by atoms with van der Waals surface area (Å²) in [4.78, 5) is 12.8. The Bertz CT molecular complexity index is 1010. The number of ether oxygens (including phenoxy) is 4. The maximum Gasteiger partial charge on any atom is 0.338 e. The second kappa shape index (κ2) is 11.9. The minimum absolute atomic E-state index is 0.195. The highest BCUT2D eigenvalue weighted by molar-refractivity contribution is 5.89. The Hall–Kier alpha value is -3.07. The van der Waals surface area contributed by atoms with E-state index in [1.54, 1.807) is 30.3 Å². The predicted molar refractivity (Wildman–Crippen MR) is 124 cm³/mol. The molecule has 4 rings (SSSR count). The fraction of sp³-hybridized carbons (Fsp3) is 0.296. The van der Waals surface area contributed by atoms with Gasteiger partial charge in [0.15, 0.2) is 12.4 Å². The fourth-order valence-electron chi connectivity index (χ4n) is 3.86. The summed E-state index contributed by atoms with van der Waals surface area (Å²) in [6.07, 6.45) is -5.23. The maximum atomic E-state index is 12.8. The van der Waals surface area contributed by atoms with Crippen LogP contribution in [0.3, 0.4) is 0 Å². The van der Waals surface area contributed by atoms with Crippen LogP contribution in [0.1, 0.15) is 21.5 Å². The molecule has 0 aliphatic carbocycles. The van der Waals surface area contributed by atoms with Gasteiger partial charge >= 0.3 is 5.97 Å². The zero-order valence-electron chi connectivity index (χ0n) is 18.6. The molecule has 1 aliphatic heterocycles. The number of hydrogen-bond acceptors (Lipinski definition) is 7. The molecule has 0 spiro atoms. The maximum absolute atomic E-state index is 12.8. The van der Waals surface area contributed by atoms with E-state index >= 15 is 0 Å². The van der Waals surface area contributed by atoms with Crippen LogP contribution >= 0.6 is 0 Å². The number of benzene rings is 3. The molecule has 7 heteroatoms. The molecule has 1 saturated heterocycles. The van der Waals surface area contributed by atoms with Gasteiger partial charge in [-0.3, -0.25) is 0 Å². The summed E-state index contributed by atoms with van der Waals surface area (Å²) in [7, 11) is 0. The number of rotatable bonds is 9. The van der Waals surface area contributed by atoms with Crippen molar-refractivity contribution < 1.29 is 34.0 Å². The molecule has 1 aliphatic rings. The van der Waals surface area contributed by atoms with Crippen LogP contribution in [0, 0.1) is 0 Å². The molecule has 3 aromatic rings. The third kappa shape index (κ3) is 6.08. The summed E-state index contributed by atoms with van der Waals surface area (Å²) in [6.45, 7) is 0.0219. The van der Waals surface area contributed by atoms with Crippen molar-refractivity contribution >= 4 is 5.97 Å². The number of esters is 1. The molecule has 7 nitrogen and oxygen atoms in total. The van der Waals surface area contributed by atoms with Crippen LogP contribution in [0.5, 0.6) is 0 Å². The predicted octanol–water partition coefficient (Wildman–Crippen LogP) is 3.09. The van der Waals surface area contributed by atoms with E-state index in [2.05, 4.69) is 0 Å². The Kier molecular flexibility index (Phi) is 8.41. The summed E-state index contributed by atoms with van der Waals surface area (Å²) in [5.74, 6) is -0.620. The molecule has 0 unspecified atom stereocenters. The lowest BCUT2D eigenvalue weighted by atomic mass is 9.98. The smallest absolute Gasteiger partial charge is 0.338 e. The van der Waals surface area contributed by atoms with E-state index in [0.29, 0.717) is 5.56 Å². The van der Waals surface area contributed by atoms with Gasteiger partial charge in [-0.25, -0.2) is 4.79 Å². The fourth-order valence-corrected chi connectivity index (χ4v) is 3.86. The van der Waals surface area contributed by atoms with Crippen molar-refractivity contribution in [3.8, 4) is 0 Å². The highest BCUT2D eigenvalue weighted by Gasteiger charge is 2.49. The van der Waals surface area contributed by atoms with Crippen molar-refractivity contribution in [3.05, 3.63) is 108 Å². The average Bonchev–Trinajstić information content (AvgIpc) is 2.89. The lowest BCUT2D eigenvalue weighted by molar-refractivity contribution is -0.304. The quantitative estimate of drug-likeness (QED) is 0.470. The van der Waals surface area contributed by atoms with Gasteiger partial charge in [-0.1, -0.05) is 78.9 Å². The van der Waals surface area contributed by atoms with Crippen LogP contribution in [0.4, 0.5) is 0 Å². The molecule has 0 bridgehead atoms. The van der Waals surface area contributed by atoms with Gasteiger partial charge in [0.1, 0.15) is 18.3 Å². The molecule has 2 N–H and O–H groups in total. The second-order valence-corrected chi connectivity index (χ2v) is 8.01. The second-order valence-electron chi connectivity index (χ2n) is 8.01. The molecule has 5 atom stereocenters. The van der Waals surface area contributed by atoms with E-state index in [4.69, 9.17) is 18.9 Å². The van der Waals surface area contributed by atoms with Gasteiger partial charge in [-0.15, -0.1) is 0 Å². The first kappa shape index (κ1) is 24.1. The largest absolute Gasteiger partial charge is 0.450 e. The monoisotopic (exact) mass is 464 g/mol. The Balaban J connectivity index is 1.57. The zero-order valence-corrected chi connectivity index (χ0v) is 18.6. The van der Waals surface area contributed by atoms with Gasteiger partial charge in [-0.05, 0) is 23.3 Å². The van der Waals surface area contributed by atoms with Crippen molar-refractivity contribution in [1.29, 1.82) is 0 Å². The van der Waals surface area contributed by atoms with E-state index in [-0.39, 0.29) is 13.2 Å². The Morgan fingerprint density at radius 1 is 0.735 bits per heavy atom. The zero-order chi connectivity index (χ0) is 23.8. The molecule has 34 heavy (non-hydrogen) atoms. The Morgan fingerprint density at radius 2 is 1.24 bits per heavy atom. The van der Waals surface area contributed by atoms with E-state index in [0.717, 1.165) is 11.1 Å². The number of carbonyl (C=O) groups is 1. The molecule has 0 aromatic heterocycles. The molecule has 178 valence electrons. The number of aliphatic hydroxyl groups is 2. The van der Waals surface area contributed by atoms with Crippen molar-refractivity contribution in [2.75, 3.05) is 6.61 Å². The van der Waals surface area contributed by atoms with E-state index in [9.17, 15) is 15.0 Å². The van der Waals surface area contributed by atoms with Crippen LogP contribution in [0.25, 0.3) is 0 Å². The average molecular weight is 465 g/mol. The van der Waals surface area contributed by atoms with Crippen molar-refractivity contribution in [1.82, 2.24) is 0 Å². The summed E-state index contributed by atoms with van der Waals surface area (Å²) in [6, 6.07) is 27.5. The molecular weight excluding hydrogens is 436 g/mol. The number of hydrogen-bond donors (Lipinski definition) is 2. The molecule has 0 saturated carbocycles. The van der Waals surface area contributed by atoms with Gasteiger partial charge < -0.3 is 29.2 Å². The van der Waals surface area contributed by atoms with E-state index < -0.39 is 43.3 Å². The summed E-state index contributed by atoms with van der Waals surface area (Å²) in [5, 5.41) is 20.6. The van der Waals surface area contributed by atoms with Gasteiger partial charge in [0.05, 0.1) is 25.4 Å². The Labute approximate surface area is 198 Å². The van der Waals surface area contributed by atoms with Crippen LogP contribution in [0.15, 0.2) is 91.0 Å². The Morgan fingerprint density at radius 3 is 1.76 bits per heavy atom. The minimum atomic E-state index is -1.50. The van der Waals surface area contributed by atoms with Gasteiger partial charge in [0.2, 0.25) is 0 Å². The first-order valence-electron chi connectivity index (χ1n) is 11.2. The third-order valence-corrected chi connectivity index (χ3v) is 5.61.